The van der Waals surface area contributed by atoms with Gasteiger partial charge >= 0.3 is 6.18 Å². The fourth-order valence-electron chi connectivity index (χ4n) is 5.85. The highest BCUT2D eigenvalue weighted by Crippen LogP contribution is 2.41. The van der Waals surface area contributed by atoms with E-state index in [2.05, 4.69) is 21.1 Å². The second-order valence-electron chi connectivity index (χ2n) is 10.5. The zero-order valence-corrected chi connectivity index (χ0v) is 21.4. The second kappa shape index (κ2) is 10.8. The fraction of sp³-hybridized carbons (Fsp3) is 0.577. The van der Waals surface area contributed by atoms with Gasteiger partial charge in [-0.2, -0.15) is 23.5 Å². The standard InChI is InChI=1S/C26H30F3N7O3/c27-26(28,29)23-20(14-32-33-24(23)38)36-8-1-2-19(36)15-39-11-5-22(37)35-16-25(17-35)6-9-34(10-7-25)21-4-3-18(12-30)13-31-21/h3-4,13-14,19H,1-2,5-11,15-17H2,(H,33,38). The summed E-state index contributed by atoms with van der Waals surface area (Å²) < 4.78 is 46.2. The van der Waals surface area contributed by atoms with Gasteiger partial charge in [-0.1, -0.05) is 0 Å². The number of nitrogens with zero attached hydrogens (tertiary/aromatic N) is 6. The van der Waals surface area contributed by atoms with E-state index in [9.17, 15) is 22.8 Å². The lowest BCUT2D eigenvalue weighted by molar-refractivity contribution is -0.146. The fourth-order valence-corrected chi connectivity index (χ4v) is 5.85. The van der Waals surface area contributed by atoms with Crippen molar-refractivity contribution in [1.29, 1.82) is 5.26 Å². The van der Waals surface area contributed by atoms with Crippen molar-refractivity contribution in [2.24, 2.45) is 5.41 Å². The lowest BCUT2D eigenvalue weighted by Crippen LogP contribution is -2.62. The number of ether oxygens (including phenoxy) is 1. The van der Waals surface area contributed by atoms with Crippen LogP contribution in [0, 0.1) is 16.7 Å². The minimum atomic E-state index is -4.79. The molecule has 0 aliphatic carbocycles. The Kier molecular flexibility index (Phi) is 7.48. The van der Waals surface area contributed by atoms with Crippen molar-refractivity contribution in [3.05, 3.63) is 46.0 Å². The number of carbonyl (C=O) groups excluding carboxylic acids is 1. The van der Waals surface area contributed by atoms with Crippen LogP contribution in [0.3, 0.4) is 0 Å². The maximum Gasteiger partial charge on any atom is 0.423 e. The number of piperidine rings is 1. The Morgan fingerprint density at radius 1 is 1.21 bits per heavy atom. The molecule has 2 aromatic heterocycles. The molecule has 0 aromatic carbocycles. The molecule has 5 heterocycles. The summed E-state index contributed by atoms with van der Waals surface area (Å²) in [6, 6.07) is 5.38. The smallest absolute Gasteiger partial charge is 0.379 e. The third kappa shape index (κ3) is 5.71. The number of H-pyrrole nitrogens is 1. The number of anilines is 2. The average molecular weight is 546 g/mol. The summed E-state index contributed by atoms with van der Waals surface area (Å²) in [5.41, 5.74) is -2.08. The van der Waals surface area contributed by atoms with Crippen molar-refractivity contribution in [3.63, 3.8) is 0 Å². The van der Waals surface area contributed by atoms with E-state index in [-0.39, 0.29) is 42.7 Å². The average Bonchev–Trinajstić information content (AvgIpc) is 3.37. The zero-order chi connectivity index (χ0) is 27.6. The zero-order valence-electron chi connectivity index (χ0n) is 21.4. The molecule has 1 atom stereocenters. The molecule has 0 saturated carbocycles. The SMILES string of the molecule is N#Cc1ccc(N2CCC3(CC2)CN(C(=O)CCOCC2CCCN2c2cn[nH]c(=O)c2C(F)(F)F)C3)nc1. The highest BCUT2D eigenvalue weighted by Gasteiger charge is 2.46. The Bertz CT molecular complexity index is 1280. The molecule has 2 aromatic rings. The summed E-state index contributed by atoms with van der Waals surface area (Å²) in [5, 5.41) is 14.4. The number of likely N-dealkylation sites (tertiary alicyclic amines) is 1. The van der Waals surface area contributed by atoms with Gasteiger partial charge in [0.2, 0.25) is 5.91 Å². The predicted molar refractivity (Wildman–Crippen MR) is 135 cm³/mol. The number of aromatic nitrogens is 3. The molecule has 1 spiro atoms. The maximum atomic E-state index is 13.5. The van der Waals surface area contributed by atoms with E-state index in [1.54, 1.807) is 12.3 Å². The third-order valence-electron chi connectivity index (χ3n) is 8.01. The molecular weight excluding hydrogens is 515 g/mol. The third-order valence-corrected chi connectivity index (χ3v) is 8.01. The topological polar surface area (TPSA) is 118 Å². The van der Waals surface area contributed by atoms with Gasteiger partial charge in [0, 0.05) is 44.3 Å². The molecule has 0 radical (unpaired) electrons. The lowest BCUT2D eigenvalue weighted by atomic mass is 9.72. The van der Waals surface area contributed by atoms with Gasteiger partial charge in [0.05, 0.1) is 43.1 Å². The first-order valence-electron chi connectivity index (χ1n) is 13.1. The normalized spacial score (nSPS) is 20.7. The van der Waals surface area contributed by atoms with Crippen LogP contribution in [0.2, 0.25) is 0 Å². The molecule has 3 aliphatic rings. The number of amides is 1. The van der Waals surface area contributed by atoms with Gasteiger partial charge in [-0.15, -0.1) is 0 Å². The van der Waals surface area contributed by atoms with Gasteiger partial charge in [-0.25, -0.2) is 10.1 Å². The van der Waals surface area contributed by atoms with Crippen LogP contribution in [-0.2, 0) is 15.7 Å². The second-order valence-corrected chi connectivity index (χ2v) is 10.5. The number of nitrogens with one attached hydrogen (secondary N) is 1. The van der Waals surface area contributed by atoms with Gasteiger partial charge in [0.25, 0.3) is 5.56 Å². The Balaban J connectivity index is 1.05. The highest BCUT2D eigenvalue weighted by molar-refractivity contribution is 5.77. The van der Waals surface area contributed by atoms with Gasteiger partial charge < -0.3 is 19.4 Å². The van der Waals surface area contributed by atoms with Crippen LogP contribution in [0.15, 0.2) is 29.3 Å². The summed E-state index contributed by atoms with van der Waals surface area (Å²) in [6.07, 6.45) is 1.26. The number of hydrogen-bond acceptors (Lipinski definition) is 8. The van der Waals surface area contributed by atoms with E-state index in [1.165, 1.54) is 4.90 Å². The molecule has 3 fully saturated rings. The van der Waals surface area contributed by atoms with Crippen LogP contribution in [0.25, 0.3) is 0 Å². The summed E-state index contributed by atoms with van der Waals surface area (Å²) in [6.45, 7) is 3.85. The molecule has 0 bridgehead atoms. The largest absolute Gasteiger partial charge is 0.423 e. The molecule has 13 heteroatoms. The van der Waals surface area contributed by atoms with E-state index < -0.39 is 17.3 Å². The van der Waals surface area contributed by atoms with Crippen LogP contribution in [-0.4, -0.2) is 78.0 Å². The van der Waals surface area contributed by atoms with E-state index in [0.717, 1.165) is 37.9 Å². The molecule has 3 aliphatic heterocycles. The Labute approximate surface area is 223 Å². The molecular formula is C26H30F3N7O3. The summed E-state index contributed by atoms with van der Waals surface area (Å²) in [5.74, 6) is 0.872. The molecule has 1 unspecified atom stereocenters. The summed E-state index contributed by atoms with van der Waals surface area (Å²) in [7, 11) is 0. The Hall–Kier alpha value is -3.66. The first kappa shape index (κ1) is 26.9. The van der Waals surface area contributed by atoms with E-state index in [1.807, 2.05) is 16.1 Å². The Morgan fingerprint density at radius 3 is 2.64 bits per heavy atom. The monoisotopic (exact) mass is 545 g/mol. The van der Waals surface area contributed by atoms with Crippen LogP contribution in [0.1, 0.15) is 43.2 Å². The maximum absolute atomic E-state index is 13.5. The van der Waals surface area contributed by atoms with Crippen molar-refractivity contribution in [2.45, 2.75) is 44.3 Å². The molecule has 5 rings (SSSR count). The number of rotatable bonds is 7. The number of pyridine rings is 1. The summed E-state index contributed by atoms with van der Waals surface area (Å²) >= 11 is 0. The molecule has 3 saturated heterocycles. The minimum absolute atomic E-state index is 0.0123. The van der Waals surface area contributed by atoms with Gasteiger partial charge in [-0.3, -0.25) is 9.59 Å². The predicted octanol–water partition coefficient (Wildman–Crippen LogP) is 2.56. The van der Waals surface area contributed by atoms with Crippen LogP contribution in [0.5, 0.6) is 0 Å². The van der Waals surface area contributed by atoms with Gasteiger partial charge in [0.1, 0.15) is 17.5 Å². The molecule has 1 N–H and O–H groups in total. The highest BCUT2D eigenvalue weighted by atomic mass is 19.4. The van der Waals surface area contributed by atoms with Crippen LogP contribution >= 0.6 is 0 Å². The first-order valence-corrected chi connectivity index (χ1v) is 13.1. The Morgan fingerprint density at radius 2 is 1.97 bits per heavy atom. The molecule has 1 amide bonds. The van der Waals surface area contributed by atoms with Gasteiger partial charge in [0.15, 0.2) is 0 Å². The number of alkyl halides is 3. The van der Waals surface area contributed by atoms with Crippen LogP contribution in [0.4, 0.5) is 24.7 Å². The van der Waals surface area contributed by atoms with E-state index in [0.29, 0.717) is 38.0 Å². The number of halogens is 3. The van der Waals surface area contributed by atoms with Crippen molar-refractivity contribution in [3.8, 4) is 6.07 Å². The van der Waals surface area contributed by atoms with Crippen molar-refractivity contribution in [1.82, 2.24) is 20.1 Å². The first-order chi connectivity index (χ1) is 18.7. The molecule has 10 nitrogen and oxygen atoms in total. The molecule has 39 heavy (non-hydrogen) atoms. The minimum Gasteiger partial charge on any atom is -0.379 e. The van der Waals surface area contributed by atoms with Crippen LogP contribution < -0.4 is 15.4 Å². The lowest BCUT2D eigenvalue weighted by Gasteiger charge is -2.54. The quantitative estimate of drug-likeness (QED) is 0.528. The number of aromatic amines is 1. The van der Waals surface area contributed by atoms with Gasteiger partial charge in [-0.05, 0) is 37.8 Å². The van der Waals surface area contributed by atoms with Crippen molar-refractivity contribution < 1.29 is 22.7 Å². The van der Waals surface area contributed by atoms with E-state index >= 15 is 0 Å². The number of nitriles is 1. The summed E-state index contributed by atoms with van der Waals surface area (Å²) in [4.78, 5) is 34.5. The number of carbonyl (C=O) groups is 1. The number of hydrogen-bond donors (Lipinski definition) is 1. The van der Waals surface area contributed by atoms with Crippen molar-refractivity contribution in [2.75, 3.05) is 55.7 Å². The van der Waals surface area contributed by atoms with E-state index in [4.69, 9.17) is 10.00 Å². The molecule has 208 valence electrons. The van der Waals surface area contributed by atoms with Crippen molar-refractivity contribution >= 4 is 17.4 Å².